The van der Waals surface area contributed by atoms with Crippen LogP contribution in [0.5, 0.6) is 0 Å². The number of amides is 1. The summed E-state index contributed by atoms with van der Waals surface area (Å²) >= 11 is 0. The Kier molecular flexibility index (Phi) is 4.83. The number of nitrogens with zero attached hydrogens (tertiary/aromatic N) is 1. The van der Waals surface area contributed by atoms with Crippen LogP contribution in [-0.2, 0) is 0 Å². The Labute approximate surface area is 116 Å². The molecular weight excluding hydrogens is 236 g/mol. The molecule has 0 saturated carbocycles. The van der Waals surface area contributed by atoms with Crippen LogP contribution in [0.15, 0.2) is 24.3 Å². The van der Waals surface area contributed by atoms with Crippen molar-refractivity contribution in [3.05, 3.63) is 29.8 Å². The first-order chi connectivity index (χ1) is 9.22. The second kappa shape index (κ2) is 6.60. The van der Waals surface area contributed by atoms with Gasteiger partial charge in [-0.1, -0.05) is 12.8 Å². The quantitative estimate of drug-likeness (QED) is 0.901. The van der Waals surface area contributed by atoms with Gasteiger partial charge >= 0.3 is 0 Å². The van der Waals surface area contributed by atoms with Crippen molar-refractivity contribution in [3.8, 4) is 0 Å². The first-order valence-electron chi connectivity index (χ1n) is 7.37. The summed E-state index contributed by atoms with van der Waals surface area (Å²) in [5.74, 6) is 0.178. The summed E-state index contributed by atoms with van der Waals surface area (Å²) < 4.78 is 0. The third kappa shape index (κ3) is 3.49. The van der Waals surface area contributed by atoms with Gasteiger partial charge in [0.15, 0.2) is 0 Å². The molecule has 1 aromatic rings. The lowest BCUT2D eigenvalue weighted by Crippen LogP contribution is -2.38. The van der Waals surface area contributed by atoms with Crippen molar-refractivity contribution in [2.45, 2.75) is 45.6 Å². The Morgan fingerprint density at radius 1 is 1.26 bits per heavy atom. The molecule has 1 heterocycles. The molecule has 104 valence electrons. The van der Waals surface area contributed by atoms with Crippen molar-refractivity contribution in [1.29, 1.82) is 0 Å². The van der Waals surface area contributed by atoms with Crippen molar-refractivity contribution >= 4 is 11.6 Å². The molecule has 0 spiro atoms. The van der Waals surface area contributed by atoms with E-state index in [1.165, 1.54) is 12.8 Å². The van der Waals surface area contributed by atoms with E-state index in [9.17, 15) is 4.79 Å². The number of nitrogens with one attached hydrogen (secondary N) is 1. The highest BCUT2D eigenvalue weighted by molar-refractivity contribution is 5.94. The minimum absolute atomic E-state index is 0.178. The highest BCUT2D eigenvalue weighted by Crippen LogP contribution is 2.19. The molecule has 1 fully saturated rings. The second-order valence-corrected chi connectivity index (χ2v) is 5.30. The number of likely N-dealkylation sites (tertiary alicyclic amines) is 1. The number of hydrogen-bond acceptors (Lipinski definition) is 2. The lowest BCUT2D eigenvalue weighted by molar-refractivity contribution is 0.0698. The van der Waals surface area contributed by atoms with Gasteiger partial charge in [-0.05, 0) is 51.0 Å². The van der Waals surface area contributed by atoms with Crippen LogP contribution in [-0.4, -0.2) is 29.9 Å². The summed E-state index contributed by atoms with van der Waals surface area (Å²) in [6.07, 6.45) is 4.74. The standard InChI is InChI=1S/C16H24N2O/c1-3-17-15-10-8-14(9-11-15)16(19)18-12-6-4-5-7-13(18)2/h8-11,13,17H,3-7,12H2,1-2H3. The van der Waals surface area contributed by atoms with Crippen LogP contribution in [0, 0.1) is 0 Å². The maximum Gasteiger partial charge on any atom is 0.254 e. The lowest BCUT2D eigenvalue weighted by atomic mass is 10.1. The maximum atomic E-state index is 12.5. The number of hydrogen-bond donors (Lipinski definition) is 1. The van der Waals surface area contributed by atoms with Gasteiger partial charge in [0.25, 0.3) is 5.91 Å². The Hall–Kier alpha value is -1.51. The minimum atomic E-state index is 0.178. The topological polar surface area (TPSA) is 32.3 Å². The van der Waals surface area contributed by atoms with E-state index >= 15 is 0 Å². The summed E-state index contributed by atoms with van der Waals surface area (Å²) in [4.78, 5) is 14.6. The summed E-state index contributed by atoms with van der Waals surface area (Å²) in [5, 5.41) is 3.25. The summed E-state index contributed by atoms with van der Waals surface area (Å²) in [5.41, 5.74) is 1.87. The zero-order valence-corrected chi connectivity index (χ0v) is 12.0. The average molecular weight is 260 g/mol. The van der Waals surface area contributed by atoms with Gasteiger partial charge in [-0.15, -0.1) is 0 Å². The molecule has 1 aliphatic rings. The summed E-state index contributed by atoms with van der Waals surface area (Å²) in [6, 6.07) is 8.19. The van der Waals surface area contributed by atoms with Crippen LogP contribution in [0.2, 0.25) is 0 Å². The highest BCUT2D eigenvalue weighted by Gasteiger charge is 2.22. The molecule has 0 aromatic heterocycles. The van der Waals surface area contributed by atoms with Crippen LogP contribution >= 0.6 is 0 Å². The van der Waals surface area contributed by atoms with Gasteiger partial charge < -0.3 is 10.2 Å². The van der Waals surface area contributed by atoms with Crippen molar-refractivity contribution in [3.63, 3.8) is 0 Å². The van der Waals surface area contributed by atoms with Crippen molar-refractivity contribution < 1.29 is 4.79 Å². The van der Waals surface area contributed by atoms with E-state index in [4.69, 9.17) is 0 Å². The molecule has 1 saturated heterocycles. The molecule has 0 radical (unpaired) electrons. The third-order valence-electron chi connectivity index (χ3n) is 3.83. The number of anilines is 1. The molecular formula is C16H24N2O. The van der Waals surface area contributed by atoms with Gasteiger partial charge in [0.1, 0.15) is 0 Å². The predicted molar refractivity (Wildman–Crippen MR) is 79.6 cm³/mol. The fourth-order valence-electron chi connectivity index (χ4n) is 2.68. The van der Waals surface area contributed by atoms with Gasteiger partial charge in [0.05, 0.1) is 0 Å². The number of rotatable bonds is 3. The SMILES string of the molecule is CCNc1ccc(C(=O)N2CCCCCC2C)cc1. The molecule has 1 N–H and O–H groups in total. The van der Waals surface area contributed by atoms with Crippen LogP contribution in [0.3, 0.4) is 0 Å². The van der Waals surface area contributed by atoms with E-state index in [0.29, 0.717) is 6.04 Å². The molecule has 0 bridgehead atoms. The van der Waals surface area contributed by atoms with E-state index in [-0.39, 0.29) is 5.91 Å². The largest absolute Gasteiger partial charge is 0.385 e. The van der Waals surface area contributed by atoms with E-state index in [1.54, 1.807) is 0 Å². The Morgan fingerprint density at radius 2 is 2.00 bits per heavy atom. The molecule has 1 aromatic carbocycles. The number of carbonyl (C=O) groups excluding carboxylic acids is 1. The Bertz CT molecular complexity index is 413. The number of benzene rings is 1. The molecule has 1 amide bonds. The zero-order valence-electron chi connectivity index (χ0n) is 12.0. The molecule has 19 heavy (non-hydrogen) atoms. The Balaban J connectivity index is 2.09. The van der Waals surface area contributed by atoms with E-state index in [1.807, 2.05) is 29.2 Å². The van der Waals surface area contributed by atoms with E-state index in [2.05, 4.69) is 19.2 Å². The monoisotopic (exact) mass is 260 g/mol. The van der Waals surface area contributed by atoms with Gasteiger partial charge in [0, 0.05) is 30.4 Å². The zero-order chi connectivity index (χ0) is 13.7. The van der Waals surface area contributed by atoms with E-state index in [0.717, 1.165) is 37.2 Å². The van der Waals surface area contributed by atoms with Gasteiger partial charge in [-0.2, -0.15) is 0 Å². The van der Waals surface area contributed by atoms with Crippen molar-refractivity contribution in [1.82, 2.24) is 4.90 Å². The predicted octanol–water partition coefficient (Wildman–Crippen LogP) is 3.52. The summed E-state index contributed by atoms with van der Waals surface area (Å²) in [6.45, 7) is 6.03. The normalized spacial score (nSPS) is 19.9. The average Bonchev–Trinajstić information content (AvgIpc) is 2.64. The smallest absolute Gasteiger partial charge is 0.254 e. The fourth-order valence-corrected chi connectivity index (χ4v) is 2.68. The molecule has 1 aliphatic heterocycles. The maximum absolute atomic E-state index is 12.5. The van der Waals surface area contributed by atoms with Gasteiger partial charge in [-0.3, -0.25) is 4.79 Å². The molecule has 1 atom stereocenters. The molecule has 3 nitrogen and oxygen atoms in total. The van der Waals surface area contributed by atoms with Crippen molar-refractivity contribution in [2.24, 2.45) is 0 Å². The lowest BCUT2D eigenvalue weighted by Gasteiger charge is -2.27. The molecule has 0 aliphatic carbocycles. The highest BCUT2D eigenvalue weighted by atomic mass is 16.2. The number of carbonyl (C=O) groups is 1. The second-order valence-electron chi connectivity index (χ2n) is 5.30. The van der Waals surface area contributed by atoms with Gasteiger partial charge in [-0.25, -0.2) is 0 Å². The Morgan fingerprint density at radius 3 is 2.68 bits per heavy atom. The first kappa shape index (κ1) is 13.9. The van der Waals surface area contributed by atoms with E-state index < -0.39 is 0 Å². The third-order valence-corrected chi connectivity index (χ3v) is 3.83. The molecule has 3 heteroatoms. The molecule has 1 unspecified atom stereocenters. The van der Waals surface area contributed by atoms with Crippen LogP contribution < -0.4 is 5.32 Å². The summed E-state index contributed by atoms with van der Waals surface area (Å²) in [7, 11) is 0. The van der Waals surface area contributed by atoms with Crippen LogP contribution in [0.25, 0.3) is 0 Å². The first-order valence-corrected chi connectivity index (χ1v) is 7.37. The van der Waals surface area contributed by atoms with Crippen molar-refractivity contribution in [2.75, 3.05) is 18.4 Å². The van der Waals surface area contributed by atoms with Gasteiger partial charge in [0.2, 0.25) is 0 Å². The molecule has 2 rings (SSSR count). The van der Waals surface area contributed by atoms with Crippen LogP contribution in [0.4, 0.5) is 5.69 Å². The fraction of sp³-hybridized carbons (Fsp3) is 0.562. The van der Waals surface area contributed by atoms with Crippen LogP contribution in [0.1, 0.15) is 49.9 Å². The minimum Gasteiger partial charge on any atom is -0.385 e.